The van der Waals surface area contributed by atoms with Crippen LogP contribution in [0.4, 0.5) is 10.2 Å². The normalized spacial score (nSPS) is 17.3. The maximum atomic E-state index is 14.2. The number of piperazine rings is 1. The summed E-state index contributed by atoms with van der Waals surface area (Å²) < 4.78 is 27.0. The Hall–Kier alpha value is -4.74. The van der Waals surface area contributed by atoms with Gasteiger partial charge in [-0.05, 0) is 24.6 Å². The number of nitriles is 1. The standard InChI is InChI=1S/C27H26FN9O4/c28-20-12-17(14-29)4-5-18(20)16-41-24-3-1-2-23(31-24)36-9-7-35(8-10-36)15-21-22(13-19-6-11-40-19)37-27(30-21)33-32-25(34-37)26(38)39/h1-5,12,19H,6-11,13,15-16H2,(H,38,39). The molecule has 0 bridgehead atoms. The van der Waals surface area contributed by atoms with E-state index >= 15 is 0 Å². The van der Waals surface area contributed by atoms with Gasteiger partial charge in [-0.15, -0.1) is 15.3 Å². The fourth-order valence-electron chi connectivity index (χ4n) is 4.82. The van der Waals surface area contributed by atoms with Crippen molar-refractivity contribution in [2.24, 2.45) is 0 Å². The SMILES string of the molecule is N#Cc1ccc(COc2cccc(N3CCN(Cc4nc5nnc(C(=O)O)nn5c4CC4CCO4)CC3)n2)c(F)c1. The summed E-state index contributed by atoms with van der Waals surface area (Å²) in [4.78, 5) is 25.1. The summed E-state index contributed by atoms with van der Waals surface area (Å²) >= 11 is 0. The summed E-state index contributed by atoms with van der Waals surface area (Å²) in [7, 11) is 0. The van der Waals surface area contributed by atoms with Gasteiger partial charge in [-0.25, -0.2) is 14.2 Å². The van der Waals surface area contributed by atoms with E-state index < -0.39 is 11.8 Å². The van der Waals surface area contributed by atoms with Gasteiger partial charge in [0.25, 0.3) is 11.6 Å². The van der Waals surface area contributed by atoms with Crippen molar-refractivity contribution in [3.63, 3.8) is 0 Å². The van der Waals surface area contributed by atoms with Crippen molar-refractivity contribution in [3.05, 3.63) is 70.6 Å². The first-order valence-corrected chi connectivity index (χ1v) is 13.2. The molecule has 41 heavy (non-hydrogen) atoms. The number of carbonyl (C=O) groups is 1. The minimum absolute atomic E-state index is 0.00219. The number of halogens is 1. The number of anilines is 1. The fourth-order valence-corrected chi connectivity index (χ4v) is 4.82. The Balaban J connectivity index is 1.10. The lowest BCUT2D eigenvalue weighted by Gasteiger charge is -2.35. The maximum Gasteiger partial charge on any atom is 0.377 e. The molecule has 210 valence electrons. The van der Waals surface area contributed by atoms with E-state index in [1.54, 1.807) is 18.2 Å². The van der Waals surface area contributed by atoms with Gasteiger partial charge < -0.3 is 19.5 Å². The predicted octanol–water partition coefficient (Wildman–Crippen LogP) is 1.86. The molecule has 0 amide bonds. The van der Waals surface area contributed by atoms with E-state index in [1.807, 2.05) is 18.2 Å². The number of ether oxygens (including phenoxy) is 2. The van der Waals surface area contributed by atoms with Crippen LogP contribution in [-0.2, 0) is 24.3 Å². The first kappa shape index (κ1) is 26.5. The lowest BCUT2D eigenvalue weighted by molar-refractivity contribution is -0.0500. The number of rotatable bonds is 9. The van der Waals surface area contributed by atoms with Crippen LogP contribution in [0.5, 0.6) is 5.88 Å². The van der Waals surface area contributed by atoms with Crippen LogP contribution in [0.3, 0.4) is 0 Å². The highest BCUT2D eigenvalue weighted by atomic mass is 19.1. The minimum Gasteiger partial charge on any atom is -0.475 e. The number of benzene rings is 1. The smallest absolute Gasteiger partial charge is 0.377 e. The molecule has 14 heteroatoms. The van der Waals surface area contributed by atoms with E-state index in [1.165, 1.54) is 10.6 Å². The van der Waals surface area contributed by atoms with Crippen molar-refractivity contribution in [1.82, 2.24) is 34.7 Å². The number of hydrogen-bond acceptors (Lipinski definition) is 11. The average Bonchev–Trinajstić information content (AvgIpc) is 3.30. The molecule has 4 aromatic rings. The molecule has 2 fully saturated rings. The Bertz CT molecular complexity index is 1630. The van der Waals surface area contributed by atoms with Gasteiger partial charge in [0.05, 0.1) is 29.1 Å². The monoisotopic (exact) mass is 559 g/mol. The molecule has 5 heterocycles. The summed E-state index contributed by atoms with van der Waals surface area (Å²) in [6, 6.07) is 11.7. The van der Waals surface area contributed by atoms with Crippen molar-refractivity contribution in [1.29, 1.82) is 5.26 Å². The van der Waals surface area contributed by atoms with Gasteiger partial charge in [0.2, 0.25) is 5.88 Å². The Morgan fingerprint density at radius 3 is 2.71 bits per heavy atom. The zero-order valence-electron chi connectivity index (χ0n) is 22.0. The molecule has 0 radical (unpaired) electrons. The number of pyridine rings is 1. The molecule has 1 aromatic carbocycles. The number of nitrogens with zero attached hydrogens (tertiary/aromatic N) is 9. The summed E-state index contributed by atoms with van der Waals surface area (Å²) in [6.45, 7) is 4.19. The van der Waals surface area contributed by atoms with E-state index in [-0.39, 0.29) is 29.9 Å². The van der Waals surface area contributed by atoms with Crippen LogP contribution in [0.15, 0.2) is 36.4 Å². The highest BCUT2D eigenvalue weighted by Gasteiger charge is 2.27. The van der Waals surface area contributed by atoms with Gasteiger partial charge in [-0.3, -0.25) is 4.90 Å². The molecule has 2 aliphatic heterocycles. The van der Waals surface area contributed by atoms with Crippen molar-refractivity contribution in [3.8, 4) is 11.9 Å². The second-order valence-corrected chi connectivity index (χ2v) is 9.84. The first-order valence-electron chi connectivity index (χ1n) is 13.2. The third-order valence-corrected chi connectivity index (χ3v) is 7.18. The van der Waals surface area contributed by atoms with Crippen molar-refractivity contribution in [2.75, 3.05) is 37.7 Å². The largest absolute Gasteiger partial charge is 0.475 e. The second kappa shape index (κ2) is 11.4. The Labute approximate surface area is 233 Å². The third kappa shape index (κ3) is 5.76. The summed E-state index contributed by atoms with van der Waals surface area (Å²) in [5.41, 5.74) is 2.17. The van der Waals surface area contributed by atoms with Crippen LogP contribution < -0.4 is 9.64 Å². The first-order chi connectivity index (χ1) is 20.0. The van der Waals surface area contributed by atoms with Crippen LogP contribution in [-0.4, -0.2) is 84.6 Å². The molecule has 1 atom stereocenters. The molecule has 0 saturated carbocycles. The zero-order chi connectivity index (χ0) is 28.3. The molecule has 6 rings (SSSR count). The van der Waals surface area contributed by atoms with Crippen LogP contribution >= 0.6 is 0 Å². The highest BCUT2D eigenvalue weighted by Crippen LogP contribution is 2.23. The fraction of sp³-hybridized carbons (Fsp3) is 0.370. The Kier molecular flexibility index (Phi) is 7.36. The Morgan fingerprint density at radius 2 is 2.00 bits per heavy atom. The lowest BCUT2D eigenvalue weighted by Crippen LogP contribution is -2.46. The van der Waals surface area contributed by atoms with Crippen molar-refractivity contribution >= 4 is 17.6 Å². The van der Waals surface area contributed by atoms with Crippen LogP contribution in [0, 0.1) is 17.1 Å². The topological polar surface area (TPSA) is 155 Å². The molecule has 1 N–H and O–H groups in total. The number of carboxylic acids is 1. The van der Waals surface area contributed by atoms with Gasteiger partial charge in [-0.1, -0.05) is 12.1 Å². The molecule has 0 spiro atoms. The van der Waals surface area contributed by atoms with E-state index in [0.29, 0.717) is 31.0 Å². The summed E-state index contributed by atoms with van der Waals surface area (Å²) in [5.74, 6) is -0.711. The number of fused-ring (bicyclic) bond motifs is 1. The number of aromatic nitrogens is 6. The quantitative estimate of drug-likeness (QED) is 0.318. The highest BCUT2D eigenvalue weighted by molar-refractivity contribution is 5.82. The third-order valence-electron chi connectivity index (χ3n) is 7.18. The van der Waals surface area contributed by atoms with E-state index in [4.69, 9.17) is 14.7 Å². The number of hydrogen-bond donors (Lipinski definition) is 1. The van der Waals surface area contributed by atoms with Gasteiger partial charge >= 0.3 is 5.97 Å². The predicted molar refractivity (Wildman–Crippen MR) is 141 cm³/mol. The van der Waals surface area contributed by atoms with Gasteiger partial charge in [0, 0.05) is 57.4 Å². The van der Waals surface area contributed by atoms with Crippen LogP contribution in [0.25, 0.3) is 5.78 Å². The molecule has 3 aromatic heterocycles. The van der Waals surface area contributed by atoms with Gasteiger partial charge in [-0.2, -0.15) is 14.8 Å². The van der Waals surface area contributed by atoms with E-state index in [2.05, 4.69) is 35.1 Å². The minimum atomic E-state index is -1.25. The molecule has 13 nitrogen and oxygen atoms in total. The van der Waals surface area contributed by atoms with Crippen molar-refractivity contribution < 1.29 is 23.8 Å². The molecule has 2 saturated heterocycles. The zero-order valence-corrected chi connectivity index (χ0v) is 22.0. The lowest BCUT2D eigenvalue weighted by atomic mass is 10.1. The van der Waals surface area contributed by atoms with Gasteiger partial charge in [0.1, 0.15) is 18.2 Å². The van der Waals surface area contributed by atoms with Crippen LogP contribution in [0.1, 0.15) is 39.6 Å². The summed E-state index contributed by atoms with van der Waals surface area (Å²) in [6.07, 6.45) is 1.54. The summed E-state index contributed by atoms with van der Waals surface area (Å²) in [5, 5.41) is 30.0. The molecule has 1 unspecified atom stereocenters. The van der Waals surface area contributed by atoms with Crippen LogP contribution in [0.2, 0.25) is 0 Å². The Morgan fingerprint density at radius 1 is 1.17 bits per heavy atom. The molecule has 2 aliphatic rings. The van der Waals surface area contributed by atoms with E-state index in [9.17, 15) is 14.3 Å². The number of aromatic carboxylic acids is 1. The molecular weight excluding hydrogens is 533 g/mol. The second-order valence-electron chi connectivity index (χ2n) is 9.84. The van der Waals surface area contributed by atoms with E-state index in [0.717, 1.165) is 49.8 Å². The number of imidazole rings is 1. The molecular formula is C27H26FN9O4. The van der Waals surface area contributed by atoms with Gasteiger partial charge in [0.15, 0.2) is 0 Å². The average molecular weight is 560 g/mol. The number of carboxylic acid groups (broad SMARTS) is 1. The molecule has 0 aliphatic carbocycles. The maximum absolute atomic E-state index is 14.2. The van der Waals surface area contributed by atoms with Crippen molar-refractivity contribution in [2.45, 2.75) is 32.1 Å².